The topological polar surface area (TPSA) is 35.8 Å². The van der Waals surface area contributed by atoms with Gasteiger partial charge in [0.05, 0.1) is 12.0 Å². The van der Waals surface area contributed by atoms with Crippen LogP contribution in [0.3, 0.4) is 0 Å². The highest BCUT2D eigenvalue weighted by Crippen LogP contribution is 2.56. The van der Waals surface area contributed by atoms with Gasteiger partial charge in [0.2, 0.25) is 0 Å². The van der Waals surface area contributed by atoms with Gasteiger partial charge in [-0.2, -0.15) is 5.26 Å². The van der Waals surface area contributed by atoms with Crippen molar-refractivity contribution in [3.05, 3.63) is 0 Å². The fourth-order valence-corrected chi connectivity index (χ4v) is 4.88. The molecule has 4 saturated carbocycles. The molecule has 1 unspecified atom stereocenters. The Balaban J connectivity index is 1.53. The molecule has 2 heteroatoms. The van der Waals surface area contributed by atoms with Crippen molar-refractivity contribution in [2.45, 2.75) is 39.0 Å². The van der Waals surface area contributed by atoms with Crippen LogP contribution >= 0.6 is 0 Å². The van der Waals surface area contributed by atoms with Crippen molar-refractivity contribution in [1.29, 1.82) is 5.26 Å². The lowest BCUT2D eigenvalue weighted by Gasteiger charge is -2.54. The van der Waals surface area contributed by atoms with E-state index in [-0.39, 0.29) is 5.92 Å². The lowest BCUT2D eigenvalue weighted by atomic mass is 9.52. The molecule has 2 nitrogen and oxygen atoms in total. The van der Waals surface area contributed by atoms with E-state index in [1.807, 2.05) is 6.92 Å². The molecule has 17 heavy (non-hydrogen) atoms. The molecule has 94 valence electrons. The molecule has 4 aliphatic carbocycles. The molecule has 0 aromatic heterocycles. The van der Waals surface area contributed by atoms with E-state index in [1.165, 1.54) is 32.2 Å². The molecule has 0 aromatic carbocycles. The van der Waals surface area contributed by atoms with Crippen LogP contribution in [0.4, 0.5) is 0 Å². The average Bonchev–Trinajstić information content (AvgIpc) is 2.31. The van der Waals surface area contributed by atoms with E-state index in [0.717, 1.165) is 36.1 Å². The summed E-state index contributed by atoms with van der Waals surface area (Å²) in [6.07, 6.45) is 7.57. The zero-order valence-electron chi connectivity index (χ0n) is 10.9. The van der Waals surface area contributed by atoms with Crippen LogP contribution in [0, 0.1) is 46.8 Å². The molecule has 4 bridgehead atoms. The molecule has 0 spiro atoms. The lowest BCUT2D eigenvalue weighted by molar-refractivity contribution is -0.0355. The van der Waals surface area contributed by atoms with Crippen LogP contribution in [0.2, 0.25) is 0 Å². The molecular weight excluding hydrogens is 208 g/mol. The van der Waals surface area contributed by atoms with Crippen molar-refractivity contribution in [3.8, 4) is 6.07 Å². The normalized spacial score (nSPS) is 44.6. The largest absolute Gasteiger partial charge is 0.315 e. The van der Waals surface area contributed by atoms with Crippen LogP contribution in [-0.2, 0) is 0 Å². The van der Waals surface area contributed by atoms with Crippen molar-refractivity contribution in [1.82, 2.24) is 5.32 Å². The highest BCUT2D eigenvalue weighted by Gasteiger charge is 2.47. The molecule has 0 amide bonds. The molecule has 4 aliphatic rings. The van der Waals surface area contributed by atoms with E-state index in [0.29, 0.717) is 0 Å². The molecule has 4 rings (SSSR count). The minimum atomic E-state index is 0.159. The summed E-state index contributed by atoms with van der Waals surface area (Å²) in [5, 5.41) is 12.3. The van der Waals surface area contributed by atoms with Gasteiger partial charge in [-0.15, -0.1) is 0 Å². The maximum Gasteiger partial charge on any atom is 0.0666 e. The summed E-state index contributed by atoms with van der Waals surface area (Å²) < 4.78 is 0. The Bertz CT molecular complexity index is 289. The van der Waals surface area contributed by atoms with Crippen molar-refractivity contribution in [2.75, 3.05) is 13.1 Å². The summed E-state index contributed by atoms with van der Waals surface area (Å²) in [4.78, 5) is 0. The molecule has 0 saturated heterocycles. The molecular formula is C15H24N2. The van der Waals surface area contributed by atoms with Gasteiger partial charge in [-0.25, -0.2) is 0 Å². The van der Waals surface area contributed by atoms with Gasteiger partial charge in [-0.05, 0) is 75.2 Å². The predicted octanol–water partition coefficient (Wildman–Crippen LogP) is 2.81. The number of nitrogens with one attached hydrogen (secondary N) is 1. The van der Waals surface area contributed by atoms with Crippen LogP contribution in [0.1, 0.15) is 39.0 Å². The molecule has 4 fully saturated rings. The molecule has 1 atom stereocenters. The maximum absolute atomic E-state index is 8.78. The van der Waals surface area contributed by atoms with E-state index in [2.05, 4.69) is 11.4 Å². The monoisotopic (exact) mass is 232 g/mol. The van der Waals surface area contributed by atoms with Gasteiger partial charge in [-0.3, -0.25) is 0 Å². The van der Waals surface area contributed by atoms with Crippen LogP contribution in [0.15, 0.2) is 0 Å². The number of hydrogen-bond acceptors (Lipinski definition) is 2. The lowest BCUT2D eigenvalue weighted by Crippen LogP contribution is -2.48. The molecule has 0 aromatic rings. The molecule has 1 N–H and O–H groups in total. The van der Waals surface area contributed by atoms with Crippen molar-refractivity contribution in [2.24, 2.45) is 35.5 Å². The van der Waals surface area contributed by atoms with Gasteiger partial charge >= 0.3 is 0 Å². The second kappa shape index (κ2) is 4.61. The summed E-state index contributed by atoms with van der Waals surface area (Å²) in [5.41, 5.74) is 0. The van der Waals surface area contributed by atoms with Crippen molar-refractivity contribution in [3.63, 3.8) is 0 Å². The second-order valence-corrected chi connectivity index (χ2v) is 6.78. The number of nitrogens with zero attached hydrogens (tertiary/aromatic N) is 1. The van der Waals surface area contributed by atoms with E-state index in [4.69, 9.17) is 5.26 Å². The Hall–Kier alpha value is -0.550. The number of rotatable bonds is 4. The van der Waals surface area contributed by atoms with Crippen LogP contribution < -0.4 is 5.32 Å². The summed E-state index contributed by atoms with van der Waals surface area (Å²) in [7, 11) is 0. The second-order valence-electron chi connectivity index (χ2n) is 6.78. The Morgan fingerprint density at radius 3 is 2.24 bits per heavy atom. The van der Waals surface area contributed by atoms with Gasteiger partial charge in [0.15, 0.2) is 0 Å². The highest BCUT2D eigenvalue weighted by molar-refractivity contribution is 4.98. The Kier molecular flexibility index (Phi) is 3.13. The molecule has 0 radical (unpaired) electrons. The Morgan fingerprint density at radius 1 is 1.12 bits per heavy atom. The van der Waals surface area contributed by atoms with E-state index in [1.54, 1.807) is 6.42 Å². The molecule has 0 heterocycles. The number of hydrogen-bond donors (Lipinski definition) is 1. The van der Waals surface area contributed by atoms with Crippen LogP contribution in [-0.4, -0.2) is 13.1 Å². The van der Waals surface area contributed by atoms with Crippen molar-refractivity contribution >= 4 is 0 Å². The van der Waals surface area contributed by atoms with Gasteiger partial charge in [0, 0.05) is 6.54 Å². The fourth-order valence-electron chi connectivity index (χ4n) is 4.88. The summed E-state index contributed by atoms with van der Waals surface area (Å²) >= 11 is 0. The Morgan fingerprint density at radius 2 is 1.71 bits per heavy atom. The SMILES string of the molecule is CC(C#N)CNCC1C2CC3CC(C2)CC1C3. The maximum atomic E-state index is 8.78. The first-order chi connectivity index (χ1) is 8.26. The zero-order chi connectivity index (χ0) is 11.8. The quantitative estimate of drug-likeness (QED) is 0.809. The first-order valence-electron chi connectivity index (χ1n) is 7.36. The third-order valence-electron chi connectivity index (χ3n) is 5.47. The molecule has 0 aliphatic heterocycles. The van der Waals surface area contributed by atoms with E-state index < -0.39 is 0 Å². The predicted molar refractivity (Wildman–Crippen MR) is 68.2 cm³/mol. The third-order valence-corrected chi connectivity index (χ3v) is 5.47. The zero-order valence-corrected chi connectivity index (χ0v) is 10.9. The van der Waals surface area contributed by atoms with Gasteiger partial charge in [0.1, 0.15) is 0 Å². The fraction of sp³-hybridized carbons (Fsp3) is 0.933. The summed E-state index contributed by atoms with van der Waals surface area (Å²) in [5.74, 6) is 5.26. The average molecular weight is 232 g/mol. The standard InChI is InChI=1S/C15H24N2/c1-10(7-16)8-17-9-15-13-3-11-2-12(5-13)6-14(15)4-11/h10-15,17H,2-6,8-9H2,1H3. The minimum Gasteiger partial charge on any atom is -0.315 e. The van der Waals surface area contributed by atoms with Gasteiger partial charge in [-0.1, -0.05) is 0 Å². The summed E-state index contributed by atoms with van der Waals surface area (Å²) in [6.45, 7) is 4.05. The highest BCUT2D eigenvalue weighted by atomic mass is 14.9. The van der Waals surface area contributed by atoms with Gasteiger partial charge < -0.3 is 5.32 Å². The third kappa shape index (κ3) is 2.22. The van der Waals surface area contributed by atoms with Crippen LogP contribution in [0.25, 0.3) is 0 Å². The smallest absolute Gasteiger partial charge is 0.0666 e. The number of nitriles is 1. The minimum absolute atomic E-state index is 0.159. The van der Waals surface area contributed by atoms with Crippen molar-refractivity contribution < 1.29 is 0 Å². The summed E-state index contributed by atoms with van der Waals surface area (Å²) in [6, 6.07) is 2.30. The van der Waals surface area contributed by atoms with E-state index >= 15 is 0 Å². The first-order valence-corrected chi connectivity index (χ1v) is 7.36. The first kappa shape index (κ1) is 11.5. The van der Waals surface area contributed by atoms with Crippen LogP contribution in [0.5, 0.6) is 0 Å². The van der Waals surface area contributed by atoms with E-state index in [9.17, 15) is 0 Å². The Labute approximate surface area is 105 Å². The van der Waals surface area contributed by atoms with Gasteiger partial charge in [0.25, 0.3) is 0 Å².